The topological polar surface area (TPSA) is 35.0 Å². The second kappa shape index (κ2) is 6.21. The Bertz CT molecular complexity index is 624. The summed E-state index contributed by atoms with van der Waals surface area (Å²) in [5, 5.41) is 0. The Hall–Kier alpha value is -2.34. The first-order valence-electron chi connectivity index (χ1n) is 6.55. The van der Waals surface area contributed by atoms with Crippen molar-refractivity contribution in [2.24, 2.45) is 0 Å². The van der Waals surface area contributed by atoms with Crippen LogP contribution in [-0.2, 0) is 5.41 Å². The summed E-state index contributed by atoms with van der Waals surface area (Å²) in [5.74, 6) is 6.20. The Morgan fingerprint density at radius 1 is 1.15 bits per heavy atom. The van der Waals surface area contributed by atoms with Crippen molar-refractivity contribution < 1.29 is 4.74 Å². The number of hydrogen-bond donors (Lipinski definition) is 0. The minimum atomic E-state index is -0.196. The second-order valence-corrected chi connectivity index (χ2v) is 4.95. The first-order valence-corrected chi connectivity index (χ1v) is 6.55. The minimum absolute atomic E-state index is 0.196. The highest BCUT2D eigenvalue weighted by molar-refractivity contribution is 5.34. The molecule has 0 aliphatic carbocycles. The maximum Gasteiger partial charge on any atom is 0.217 e. The van der Waals surface area contributed by atoms with Gasteiger partial charge in [-0.25, -0.2) is 9.97 Å². The standard InChI is InChI=1S/C17H18N2O/c1-4-5-11-20-16-12-15(18-13-19-16)17(2,3)14-9-7-6-8-10-14/h6-10,12-13H,11H2,1-3H3. The van der Waals surface area contributed by atoms with Crippen LogP contribution >= 0.6 is 0 Å². The summed E-state index contributed by atoms with van der Waals surface area (Å²) in [6, 6.07) is 12.2. The number of ether oxygens (including phenoxy) is 1. The Balaban J connectivity index is 2.27. The second-order valence-electron chi connectivity index (χ2n) is 4.95. The molecule has 0 saturated heterocycles. The van der Waals surface area contributed by atoms with Gasteiger partial charge in [-0.05, 0) is 12.5 Å². The van der Waals surface area contributed by atoms with Crippen LogP contribution in [0.1, 0.15) is 32.0 Å². The van der Waals surface area contributed by atoms with Gasteiger partial charge in [0.1, 0.15) is 6.33 Å². The van der Waals surface area contributed by atoms with E-state index >= 15 is 0 Å². The van der Waals surface area contributed by atoms with Gasteiger partial charge in [0.2, 0.25) is 5.88 Å². The van der Waals surface area contributed by atoms with E-state index in [0.29, 0.717) is 12.5 Å². The molecule has 3 nitrogen and oxygen atoms in total. The van der Waals surface area contributed by atoms with E-state index in [4.69, 9.17) is 4.74 Å². The van der Waals surface area contributed by atoms with E-state index < -0.39 is 0 Å². The van der Waals surface area contributed by atoms with Crippen LogP contribution in [0, 0.1) is 11.8 Å². The van der Waals surface area contributed by atoms with Crippen molar-refractivity contribution in [3.05, 3.63) is 54.0 Å². The van der Waals surface area contributed by atoms with Crippen LogP contribution in [0.5, 0.6) is 5.88 Å². The molecule has 0 bridgehead atoms. The molecule has 2 rings (SSSR count). The lowest BCUT2D eigenvalue weighted by molar-refractivity contribution is 0.352. The summed E-state index contributed by atoms with van der Waals surface area (Å²) in [6.45, 7) is 6.41. The lowest BCUT2D eigenvalue weighted by atomic mass is 9.81. The van der Waals surface area contributed by atoms with Gasteiger partial charge < -0.3 is 4.74 Å². The molecule has 0 fully saturated rings. The molecule has 1 aromatic heterocycles. The summed E-state index contributed by atoms with van der Waals surface area (Å²) in [6.07, 6.45) is 1.54. The van der Waals surface area contributed by atoms with Crippen LogP contribution in [0.3, 0.4) is 0 Å². The first kappa shape index (κ1) is 14.1. The van der Waals surface area contributed by atoms with Crippen LogP contribution in [0.25, 0.3) is 0 Å². The van der Waals surface area contributed by atoms with Gasteiger partial charge in [-0.1, -0.05) is 50.1 Å². The average Bonchev–Trinajstić information content (AvgIpc) is 2.49. The molecule has 0 radical (unpaired) electrons. The van der Waals surface area contributed by atoms with E-state index in [2.05, 4.69) is 47.8 Å². The van der Waals surface area contributed by atoms with Gasteiger partial charge in [-0.2, -0.15) is 0 Å². The largest absolute Gasteiger partial charge is 0.464 e. The SMILES string of the molecule is CC#CCOc1cc(C(C)(C)c2ccccc2)ncn1. The highest BCUT2D eigenvalue weighted by Gasteiger charge is 2.25. The molecular weight excluding hydrogens is 248 g/mol. The highest BCUT2D eigenvalue weighted by atomic mass is 16.5. The van der Waals surface area contributed by atoms with Crippen LogP contribution < -0.4 is 4.74 Å². The smallest absolute Gasteiger partial charge is 0.217 e. The lowest BCUT2D eigenvalue weighted by Crippen LogP contribution is -2.20. The van der Waals surface area contributed by atoms with Crippen LogP contribution in [0.4, 0.5) is 0 Å². The number of rotatable bonds is 4. The van der Waals surface area contributed by atoms with Crippen molar-refractivity contribution >= 4 is 0 Å². The molecule has 0 aliphatic heterocycles. The monoisotopic (exact) mass is 266 g/mol. The minimum Gasteiger partial charge on any atom is -0.464 e. The molecule has 0 unspecified atom stereocenters. The summed E-state index contributed by atoms with van der Waals surface area (Å²) < 4.78 is 5.49. The van der Waals surface area contributed by atoms with E-state index in [1.54, 1.807) is 6.92 Å². The molecule has 1 aromatic carbocycles. The number of aromatic nitrogens is 2. The van der Waals surface area contributed by atoms with E-state index in [1.165, 1.54) is 11.9 Å². The fraction of sp³-hybridized carbons (Fsp3) is 0.294. The molecule has 0 N–H and O–H groups in total. The third kappa shape index (κ3) is 3.16. The van der Waals surface area contributed by atoms with Crippen molar-refractivity contribution in [2.45, 2.75) is 26.2 Å². The quantitative estimate of drug-likeness (QED) is 0.797. The summed E-state index contributed by atoms with van der Waals surface area (Å²) in [7, 11) is 0. The van der Waals surface area contributed by atoms with Gasteiger partial charge >= 0.3 is 0 Å². The molecule has 0 atom stereocenters. The molecule has 0 aliphatic rings. The van der Waals surface area contributed by atoms with E-state index in [9.17, 15) is 0 Å². The van der Waals surface area contributed by atoms with Crippen molar-refractivity contribution in [1.29, 1.82) is 0 Å². The van der Waals surface area contributed by atoms with E-state index in [-0.39, 0.29) is 5.41 Å². The normalized spacial score (nSPS) is 10.6. The molecule has 102 valence electrons. The lowest BCUT2D eigenvalue weighted by Gasteiger charge is -2.24. The molecule has 0 spiro atoms. The maximum atomic E-state index is 5.49. The number of benzene rings is 1. The van der Waals surface area contributed by atoms with Gasteiger partial charge in [0, 0.05) is 11.5 Å². The Morgan fingerprint density at radius 3 is 2.60 bits per heavy atom. The summed E-state index contributed by atoms with van der Waals surface area (Å²) >= 11 is 0. The van der Waals surface area contributed by atoms with E-state index in [1.807, 2.05) is 24.3 Å². The Labute approximate surface area is 120 Å². The molecular formula is C17H18N2O. The Morgan fingerprint density at radius 2 is 1.90 bits per heavy atom. The van der Waals surface area contributed by atoms with E-state index in [0.717, 1.165) is 5.69 Å². The fourth-order valence-corrected chi connectivity index (χ4v) is 1.95. The third-order valence-electron chi connectivity index (χ3n) is 3.25. The molecule has 2 aromatic rings. The fourth-order valence-electron chi connectivity index (χ4n) is 1.95. The zero-order valence-corrected chi connectivity index (χ0v) is 12.1. The van der Waals surface area contributed by atoms with Crippen molar-refractivity contribution in [2.75, 3.05) is 6.61 Å². The van der Waals surface area contributed by atoms with Gasteiger partial charge in [0.15, 0.2) is 6.61 Å². The predicted octanol–water partition coefficient (Wildman–Crippen LogP) is 3.20. The van der Waals surface area contributed by atoms with Gasteiger partial charge in [0.25, 0.3) is 0 Å². The Kier molecular flexibility index (Phi) is 4.37. The van der Waals surface area contributed by atoms with Crippen LogP contribution in [-0.4, -0.2) is 16.6 Å². The molecule has 1 heterocycles. The summed E-state index contributed by atoms with van der Waals surface area (Å²) in [4.78, 5) is 8.51. The number of nitrogens with zero attached hydrogens (tertiary/aromatic N) is 2. The predicted molar refractivity (Wildman–Crippen MR) is 79.5 cm³/mol. The van der Waals surface area contributed by atoms with Gasteiger partial charge in [-0.15, -0.1) is 5.92 Å². The van der Waals surface area contributed by atoms with Crippen LogP contribution in [0.15, 0.2) is 42.7 Å². The van der Waals surface area contributed by atoms with Crippen molar-refractivity contribution in [3.63, 3.8) is 0 Å². The molecule has 3 heteroatoms. The van der Waals surface area contributed by atoms with Crippen molar-refractivity contribution in [3.8, 4) is 17.7 Å². The third-order valence-corrected chi connectivity index (χ3v) is 3.25. The zero-order valence-electron chi connectivity index (χ0n) is 12.1. The van der Waals surface area contributed by atoms with Crippen LogP contribution in [0.2, 0.25) is 0 Å². The molecule has 0 saturated carbocycles. The van der Waals surface area contributed by atoms with Gasteiger partial charge in [-0.3, -0.25) is 0 Å². The maximum absolute atomic E-state index is 5.49. The summed E-state index contributed by atoms with van der Waals surface area (Å²) in [5.41, 5.74) is 1.94. The van der Waals surface area contributed by atoms with Gasteiger partial charge in [0.05, 0.1) is 5.69 Å². The van der Waals surface area contributed by atoms with Crippen molar-refractivity contribution in [1.82, 2.24) is 9.97 Å². The average molecular weight is 266 g/mol. The zero-order chi connectivity index (χ0) is 14.4. The molecule has 20 heavy (non-hydrogen) atoms. The highest BCUT2D eigenvalue weighted by Crippen LogP contribution is 2.30. The number of hydrogen-bond acceptors (Lipinski definition) is 3. The first-order chi connectivity index (χ1) is 9.64. The molecule has 0 amide bonds.